The van der Waals surface area contributed by atoms with E-state index in [2.05, 4.69) is 11.9 Å². The zero-order chi connectivity index (χ0) is 13.0. The van der Waals surface area contributed by atoms with Crippen LogP contribution < -0.4 is 5.73 Å². The quantitative estimate of drug-likeness (QED) is 0.898. The fourth-order valence-corrected chi connectivity index (χ4v) is 2.52. The molecule has 18 heavy (non-hydrogen) atoms. The number of hydrogen-bond donors (Lipinski definition) is 1. The van der Waals surface area contributed by atoms with Gasteiger partial charge in [0.25, 0.3) is 0 Å². The predicted molar refractivity (Wildman–Crippen MR) is 74.0 cm³/mol. The number of rotatable bonds is 5. The molecule has 0 fully saturated rings. The maximum absolute atomic E-state index is 13.6. The van der Waals surface area contributed by atoms with Gasteiger partial charge >= 0.3 is 0 Å². The Bertz CT molecular complexity index is 510. The molecular formula is C14H17FN2S. The molecule has 1 unspecified atom stereocenters. The molecule has 0 saturated heterocycles. The molecule has 0 aliphatic rings. The second-order valence-corrected chi connectivity index (χ2v) is 5.43. The molecule has 0 amide bonds. The molecule has 2 nitrogen and oxygen atoms in total. The molecule has 4 heteroatoms. The molecule has 0 spiro atoms. The maximum Gasteiger partial charge on any atom is 0.132 e. The van der Waals surface area contributed by atoms with Crippen LogP contribution in [0.2, 0.25) is 0 Å². The van der Waals surface area contributed by atoms with E-state index in [1.165, 1.54) is 6.07 Å². The zero-order valence-corrected chi connectivity index (χ0v) is 11.2. The molecule has 96 valence electrons. The van der Waals surface area contributed by atoms with Crippen LogP contribution in [-0.4, -0.2) is 11.5 Å². The van der Waals surface area contributed by atoms with Crippen LogP contribution in [0.4, 0.5) is 4.39 Å². The van der Waals surface area contributed by atoms with E-state index in [-0.39, 0.29) is 5.82 Å². The van der Waals surface area contributed by atoms with Crippen molar-refractivity contribution < 1.29 is 4.39 Å². The Morgan fingerprint density at radius 2 is 2.17 bits per heavy atom. The first-order valence-electron chi connectivity index (χ1n) is 6.10. The van der Waals surface area contributed by atoms with Gasteiger partial charge in [-0.2, -0.15) is 0 Å². The summed E-state index contributed by atoms with van der Waals surface area (Å²) in [6, 6.07) is 6.74. The van der Waals surface area contributed by atoms with Crippen LogP contribution >= 0.6 is 11.3 Å². The third kappa shape index (κ3) is 3.15. The van der Waals surface area contributed by atoms with Crippen molar-refractivity contribution in [2.75, 3.05) is 6.54 Å². The second-order valence-electron chi connectivity index (χ2n) is 4.49. The second kappa shape index (κ2) is 6.07. The van der Waals surface area contributed by atoms with E-state index in [0.29, 0.717) is 18.0 Å². The molecule has 0 aliphatic heterocycles. The van der Waals surface area contributed by atoms with Gasteiger partial charge in [0, 0.05) is 10.9 Å². The Kier molecular flexibility index (Phi) is 4.44. The van der Waals surface area contributed by atoms with Crippen molar-refractivity contribution in [1.82, 2.24) is 4.98 Å². The Labute approximate surface area is 111 Å². The van der Waals surface area contributed by atoms with Crippen molar-refractivity contribution in [3.05, 3.63) is 40.5 Å². The normalized spacial score (nSPS) is 12.6. The van der Waals surface area contributed by atoms with E-state index < -0.39 is 0 Å². The predicted octanol–water partition coefficient (Wildman–Crippen LogP) is 3.48. The molecule has 1 atom stereocenters. The largest absolute Gasteiger partial charge is 0.330 e. The highest BCUT2D eigenvalue weighted by molar-refractivity contribution is 7.09. The lowest BCUT2D eigenvalue weighted by Crippen LogP contribution is -2.11. The summed E-state index contributed by atoms with van der Waals surface area (Å²) in [4.78, 5) is 4.49. The summed E-state index contributed by atoms with van der Waals surface area (Å²) in [5.74, 6) is 0.287. The maximum atomic E-state index is 13.6. The molecule has 2 N–H and O–H groups in total. The average Bonchev–Trinajstić information content (AvgIpc) is 2.85. The summed E-state index contributed by atoms with van der Waals surface area (Å²) >= 11 is 1.59. The lowest BCUT2D eigenvalue weighted by molar-refractivity contribution is 0.544. The van der Waals surface area contributed by atoms with Gasteiger partial charge < -0.3 is 5.73 Å². The standard InChI is InChI=1S/C14H17FN2S/c1-10(8-16)6-7-14-17-13(9-18-14)11-4-2-3-5-12(11)15/h2-5,9-10H,6-8,16H2,1H3. The summed E-state index contributed by atoms with van der Waals surface area (Å²) in [6.07, 6.45) is 1.94. The Hall–Kier alpha value is -1.26. The van der Waals surface area contributed by atoms with Crippen LogP contribution in [0.3, 0.4) is 0 Å². The number of halogens is 1. The molecule has 0 aliphatic carbocycles. The van der Waals surface area contributed by atoms with Crippen molar-refractivity contribution in [3.8, 4) is 11.3 Å². The van der Waals surface area contributed by atoms with Gasteiger partial charge in [-0.3, -0.25) is 0 Å². The third-order valence-electron chi connectivity index (χ3n) is 2.95. The van der Waals surface area contributed by atoms with Crippen molar-refractivity contribution in [3.63, 3.8) is 0 Å². The van der Waals surface area contributed by atoms with E-state index in [1.54, 1.807) is 23.5 Å². The van der Waals surface area contributed by atoms with Crippen LogP contribution in [-0.2, 0) is 6.42 Å². The van der Waals surface area contributed by atoms with Crippen LogP contribution in [0.15, 0.2) is 29.6 Å². The lowest BCUT2D eigenvalue weighted by atomic mass is 10.1. The molecule has 0 saturated carbocycles. The van der Waals surface area contributed by atoms with E-state index in [0.717, 1.165) is 23.5 Å². The molecule has 1 aromatic carbocycles. The van der Waals surface area contributed by atoms with Crippen LogP contribution in [0.5, 0.6) is 0 Å². The first-order chi connectivity index (χ1) is 8.70. The third-order valence-corrected chi connectivity index (χ3v) is 3.86. The van der Waals surface area contributed by atoms with Gasteiger partial charge in [-0.1, -0.05) is 19.1 Å². The van der Waals surface area contributed by atoms with Crippen LogP contribution in [0, 0.1) is 11.7 Å². The summed E-state index contributed by atoms with van der Waals surface area (Å²) in [5, 5.41) is 2.97. The summed E-state index contributed by atoms with van der Waals surface area (Å²) in [6.45, 7) is 2.83. The minimum absolute atomic E-state index is 0.218. The number of nitrogens with zero attached hydrogens (tertiary/aromatic N) is 1. The summed E-state index contributed by atoms with van der Waals surface area (Å²) in [7, 11) is 0. The number of benzene rings is 1. The van der Waals surface area contributed by atoms with Gasteiger partial charge in [-0.05, 0) is 37.4 Å². The van der Waals surface area contributed by atoms with Crippen LogP contribution in [0.1, 0.15) is 18.4 Å². The van der Waals surface area contributed by atoms with Crippen LogP contribution in [0.25, 0.3) is 11.3 Å². The van der Waals surface area contributed by atoms with E-state index in [9.17, 15) is 4.39 Å². The number of nitrogens with two attached hydrogens (primary N) is 1. The first kappa shape index (κ1) is 13.2. The Morgan fingerprint density at radius 1 is 1.39 bits per heavy atom. The van der Waals surface area contributed by atoms with Crippen molar-refractivity contribution >= 4 is 11.3 Å². The smallest absolute Gasteiger partial charge is 0.132 e. The molecule has 2 aromatic rings. The molecule has 2 rings (SSSR count). The fourth-order valence-electron chi connectivity index (χ4n) is 1.71. The average molecular weight is 264 g/mol. The highest BCUT2D eigenvalue weighted by atomic mass is 32.1. The number of aromatic nitrogens is 1. The highest BCUT2D eigenvalue weighted by Crippen LogP contribution is 2.25. The number of thiazole rings is 1. The number of aryl methyl sites for hydroxylation is 1. The molecule has 1 heterocycles. The lowest BCUT2D eigenvalue weighted by Gasteiger charge is -2.05. The summed E-state index contributed by atoms with van der Waals surface area (Å²) in [5.41, 5.74) is 6.89. The van der Waals surface area contributed by atoms with Gasteiger partial charge in [0.15, 0.2) is 0 Å². The molecule has 0 radical (unpaired) electrons. The summed E-state index contributed by atoms with van der Waals surface area (Å²) < 4.78 is 13.6. The first-order valence-corrected chi connectivity index (χ1v) is 6.98. The van der Waals surface area contributed by atoms with Gasteiger partial charge in [-0.15, -0.1) is 11.3 Å². The monoisotopic (exact) mass is 264 g/mol. The SMILES string of the molecule is CC(CN)CCc1nc(-c2ccccc2F)cs1. The zero-order valence-electron chi connectivity index (χ0n) is 10.4. The molecular weight excluding hydrogens is 247 g/mol. The molecule has 0 bridgehead atoms. The van der Waals surface area contributed by atoms with Crippen molar-refractivity contribution in [2.45, 2.75) is 19.8 Å². The van der Waals surface area contributed by atoms with E-state index in [1.807, 2.05) is 11.4 Å². The van der Waals surface area contributed by atoms with Gasteiger partial charge in [0.05, 0.1) is 10.7 Å². The minimum Gasteiger partial charge on any atom is -0.330 e. The van der Waals surface area contributed by atoms with E-state index in [4.69, 9.17) is 5.73 Å². The van der Waals surface area contributed by atoms with Gasteiger partial charge in [0.2, 0.25) is 0 Å². The fraction of sp³-hybridized carbons (Fsp3) is 0.357. The highest BCUT2D eigenvalue weighted by Gasteiger charge is 2.09. The minimum atomic E-state index is -0.218. The van der Waals surface area contributed by atoms with Gasteiger partial charge in [0.1, 0.15) is 5.82 Å². The van der Waals surface area contributed by atoms with Crippen molar-refractivity contribution in [1.29, 1.82) is 0 Å². The Morgan fingerprint density at radius 3 is 2.89 bits per heavy atom. The molecule has 1 aromatic heterocycles. The number of hydrogen-bond acceptors (Lipinski definition) is 3. The van der Waals surface area contributed by atoms with Crippen molar-refractivity contribution in [2.24, 2.45) is 11.7 Å². The van der Waals surface area contributed by atoms with Gasteiger partial charge in [-0.25, -0.2) is 9.37 Å². The van der Waals surface area contributed by atoms with E-state index >= 15 is 0 Å². The Balaban J connectivity index is 2.09. The topological polar surface area (TPSA) is 38.9 Å².